The molecule has 0 bridgehead atoms. The lowest BCUT2D eigenvalue weighted by Gasteiger charge is -2.47. The maximum absolute atomic E-state index is 12.3. The second-order valence-electron chi connectivity index (χ2n) is 6.26. The fourth-order valence-corrected chi connectivity index (χ4v) is 3.29. The molecular formula is C18H21N3O3. The van der Waals surface area contributed by atoms with E-state index in [9.17, 15) is 14.7 Å². The number of rotatable bonds is 5. The van der Waals surface area contributed by atoms with Gasteiger partial charge in [0.05, 0.1) is 6.61 Å². The molecular weight excluding hydrogens is 306 g/mol. The number of hydrogen-bond acceptors (Lipinski definition) is 4. The van der Waals surface area contributed by atoms with Crippen LogP contribution in [0.5, 0.6) is 0 Å². The maximum Gasteiger partial charge on any atom is 0.271 e. The van der Waals surface area contributed by atoms with Crippen LogP contribution in [0.3, 0.4) is 0 Å². The van der Waals surface area contributed by atoms with Crippen molar-refractivity contribution in [2.45, 2.75) is 37.8 Å². The van der Waals surface area contributed by atoms with Crippen molar-refractivity contribution in [3.8, 4) is 0 Å². The van der Waals surface area contributed by atoms with Crippen molar-refractivity contribution in [1.29, 1.82) is 0 Å². The quantitative estimate of drug-likeness (QED) is 0.861. The average Bonchev–Trinajstić information content (AvgIpc) is 2.58. The average molecular weight is 327 g/mol. The van der Waals surface area contributed by atoms with Crippen molar-refractivity contribution < 1.29 is 9.90 Å². The van der Waals surface area contributed by atoms with Crippen LogP contribution in [0.4, 0.5) is 0 Å². The highest BCUT2D eigenvalue weighted by Crippen LogP contribution is 2.43. The summed E-state index contributed by atoms with van der Waals surface area (Å²) in [5.41, 5.74) is 0.823. The molecule has 24 heavy (non-hydrogen) atoms. The molecule has 1 aromatic heterocycles. The zero-order valence-corrected chi connectivity index (χ0v) is 13.6. The second-order valence-corrected chi connectivity index (χ2v) is 6.26. The summed E-state index contributed by atoms with van der Waals surface area (Å²) in [5, 5.41) is 16.8. The Labute approximate surface area is 140 Å². The number of benzene rings is 1. The van der Waals surface area contributed by atoms with E-state index in [1.165, 1.54) is 16.8 Å². The van der Waals surface area contributed by atoms with E-state index in [4.69, 9.17) is 0 Å². The first kappa shape index (κ1) is 16.4. The molecule has 1 saturated carbocycles. The monoisotopic (exact) mass is 327 g/mol. The first-order valence-electron chi connectivity index (χ1n) is 8.13. The fourth-order valence-electron chi connectivity index (χ4n) is 3.29. The topological polar surface area (TPSA) is 84.2 Å². The van der Waals surface area contributed by atoms with Crippen LogP contribution in [0.1, 0.15) is 35.8 Å². The molecule has 1 aromatic carbocycles. The summed E-state index contributed by atoms with van der Waals surface area (Å²) in [6, 6.07) is 12.7. The Morgan fingerprint density at radius 1 is 1.29 bits per heavy atom. The zero-order valence-electron chi connectivity index (χ0n) is 13.6. The predicted molar refractivity (Wildman–Crippen MR) is 89.9 cm³/mol. The van der Waals surface area contributed by atoms with Crippen LogP contribution in [-0.2, 0) is 12.0 Å². The summed E-state index contributed by atoms with van der Waals surface area (Å²) in [6.07, 6.45) is 1.37. The van der Waals surface area contributed by atoms with Gasteiger partial charge < -0.3 is 10.4 Å². The van der Waals surface area contributed by atoms with Gasteiger partial charge in [-0.25, -0.2) is 4.68 Å². The summed E-state index contributed by atoms with van der Waals surface area (Å²) >= 11 is 0. The highest BCUT2D eigenvalue weighted by atomic mass is 16.3. The maximum atomic E-state index is 12.3. The number of nitrogens with zero attached hydrogens (tertiary/aromatic N) is 2. The minimum absolute atomic E-state index is 0.00587. The van der Waals surface area contributed by atoms with Crippen LogP contribution < -0.4 is 10.9 Å². The van der Waals surface area contributed by atoms with Crippen molar-refractivity contribution >= 4 is 5.91 Å². The van der Waals surface area contributed by atoms with Gasteiger partial charge in [-0.3, -0.25) is 9.59 Å². The molecule has 2 N–H and O–H groups in total. The molecule has 0 radical (unpaired) electrons. The van der Waals surface area contributed by atoms with E-state index in [-0.39, 0.29) is 35.2 Å². The largest absolute Gasteiger partial charge is 0.395 e. The molecule has 1 aliphatic rings. The number of carbonyl (C=O) groups is 1. The van der Waals surface area contributed by atoms with E-state index in [1.54, 1.807) is 6.92 Å². The van der Waals surface area contributed by atoms with Gasteiger partial charge in [-0.15, -0.1) is 0 Å². The number of carbonyl (C=O) groups excluding carboxylic acids is 1. The third-order valence-electron chi connectivity index (χ3n) is 4.70. The van der Waals surface area contributed by atoms with E-state index in [0.717, 1.165) is 5.56 Å². The Balaban J connectivity index is 1.66. The van der Waals surface area contributed by atoms with Gasteiger partial charge in [0.2, 0.25) is 0 Å². The number of hydrogen-bond donors (Lipinski definition) is 2. The Morgan fingerprint density at radius 3 is 2.62 bits per heavy atom. The Morgan fingerprint density at radius 2 is 2.00 bits per heavy atom. The first-order chi connectivity index (χ1) is 11.6. The smallest absolute Gasteiger partial charge is 0.271 e. The normalized spacial score (nSPS) is 22.7. The highest BCUT2D eigenvalue weighted by Gasteiger charge is 2.45. The van der Waals surface area contributed by atoms with Gasteiger partial charge in [-0.1, -0.05) is 30.3 Å². The summed E-state index contributed by atoms with van der Waals surface area (Å²) < 4.78 is 1.26. The van der Waals surface area contributed by atoms with Crippen molar-refractivity contribution in [3.63, 3.8) is 0 Å². The molecule has 3 rings (SSSR count). The molecule has 0 spiro atoms. The lowest BCUT2D eigenvalue weighted by Crippen LogP contribution is -2.55. The summed E-state index contributed by atoms with van der Waals surface area (Å²) in [4.78, 5) is 23.8. The lowest BCUT2D eigenvalue weighted by molar-refractivity contribution is 0.0696. The molecule has 2 aromatic rings. The highest BCUT2D eigenvalue weighted by molar-refractivity contribution is 5.92. The van der Waals surface area contributed by atoms with Crippen LogP contribution in [0.25, 0.3) is 0 Å². The Kier molecular flexibility index (Phi) is 4.49. The van der Waals surface area contributed by atoms with Crippen LogP contribution in [0, 0.1) is 0 Å². The summed E-state index contributed by atoms with van der Waals surface area (Å²) in [7, 11) is 0. The molecule has 1 aliphatic carbocycles. The third kappa shape index (κ3) is 2.97. The second kappa shape index (κ2) is 6.57. The minimum Gasteiger partial charge on any atom is -0.395 e. The van der Waals surface area contributed by atoms with E-state index < -0.39 is 0 Å². The van der Waals surface area contributed by atoms with Gasteiger partial charge in [-0.2, -0.15) is 5.10 Å². The summed E-state index contributed by atoms with van der Waals surface area (Å²) in [5.74, 6) is -0.290. The molecule has 0 atom stereocenters. The van der Waals surface area contributed by atoms with Crippen LogP contribution in [0.2, 0.25) is 0 Å². The molecule has 1 amide bonds. The molecule has 0 saturated heterocycles. The zero-order chi connectivity index (χ0) is 17.2. The SMILES string of the molecule is CCn1nc(C(=O)NC2CC(CO)(c3ccccc3)C2)ccc1=O. The van der Waals surface area contributed by atoms with E-state index in [1.807, 2.05) is 30.3 Å². The number of aromatic nitrogens is 2. The standard InChI is InChI=1S/C18H21N3O3/c1-2-21-16(23)9-8-15(20-21)17(24)19-14-10-18(11-14,12-22)13-6-4-3-5-7-13/h3-9,14,22H,2,10-12H2,1H3,(H,19,24). The molecule has 1 heterocycles. The van der Waals surface area contributed by atoms with Crippen LogP contribution >= 0.6 is 0 Å². The predicted octanol–water partition coefficient (Wildman–Crippen LogP) is 1.09. The Bertz CT molecular complexity index is 780. The molecule has 0 unspecified atom stereocenters. The van der Waals surface area contributed by atoms with Gasteiger partial charge in [0.1, 0.15) is 5.69 Å². The van der Waals surface area contributed by atoms with Crippen molar-refractivity contribution in [2.24, 2.45) is 0 Å². The van der Waals surface area contributed by atoms with Gasteiger partial charge in [0, 0.05) is 24.1 Å². The minimum atomic E-state index is -0.290. The van der Waals surface area contributed by atoms with Crippen molar-refractivity contribution in [2.75, 3.05) is 6.61 Å². The van der Waals surface area contributed by atoms with Gasteiger partial charge in [0.25, 0.3) is 11.5 Å². The van der Waals surface area contributed by atoms with Crippen molar-refractivity contribution in [1.82, 2.24) is 15.1 Å². The van der Waals surface area contributed by atoms with Crippen LogP contribution in [-0.4, -0.2) is 33.4 Å². The number of amides is 1. The number of aliphatic hydroxyl groups excluding tert-OH is 1. The molecule has 126 valence electrons. The Hall–Kier alpha value is -2.47. The first-order valence-corrected chi connectivity index (χ1v) is 8.13. The molecule has 0 aliphatic heterocycles. The number of aryl methyl sites for hydroxylation is 1. The van der Waals surface area contributed by atoms with E-state index in [0.29, 0.717) is 19.4 Å². The molecule has 6 heteroatoms. The fraction of sp³-hybridized carbons (Fsp3) is 0.389. The van der Waals surface area contributed by atoms with E-state index >= 15 is 0 Å². The van der Waals surface area contributed by atoms with Crippen molar-refractivity contribution in [3.05, 3.63) is 64.1 Å². The lowest BCUT2D eigenvalue weighted by atomic mass is 9.62. The summed E-state index contributed by atoms with van der Waals surface area (Å²) in [6.45, 7) is 2.28. The van der Waals surface area contributed by atoms with Gasteiger partial charge >= 0.3 is 0 Å². The van der Waals surface area contributed by atoms with Gasteiger partial charge in [0.15, 0.2) is 0 Å². The number of aliphatic hydroxyl groups is 1. The van der Waals surface area contributed by atoms with E-state index in [2.05, 4.69) is 10.4 Å². The number of nitrogens with one attached hydrogen (secondary N) is 1. The molecule has 1 fully saturated rings. The van der Waals surface area contributed by atoms with Crippen LogP contribution in [0.15, 0.2) is 47.3 Å². The third-order valence-corrected chi connectivity index (χ3v) is 4.70. The van der Waals surface area contributed by atoms with Gasteiger partial charge in [-0.05, 0) is 31.4 Å². The molecule has 6 nitrogen and oxygen atoms in total.